The van der Waals surface area contributed by atoms with E-state index in [1.807, 2.05) is 49.4 Å². The molecular weight excluding hydrogens is 270 g/mol. The Kier molecular flexibility index (Phi) is 5.09. The molecule has 3 nitrogen and oxygen atoms in total. The molecule has 0 saturated carbocycles. The highest BCUT2D eigenvalue weighted by Crippen LogP contribution is 2.16. The van der Waals surface area contributed by atoms with Crippen molar-refractivity contribution in [1.82, 2.24) is 5.32 Å². The second kappa shape index (κ2) is 7.03. The lowest BCUT2D eigenvalue weighted by molar-refractivity contribution is -0.116. The maximum atomic E-state index is 11.7. The molecular formula is C16H17NO2S. The van der Waals surface area contributed by atoms with Gasteiger partial charge in [0.05, 0.1) is 6.61 Å². The molecule has 0 aliphatic heterocycles. The monoisotopic (exact) mass is 287 g/mol. The Morgan fingerprint density at radius 2 is 1.90 bits per heavy atom. The van der Waals surface area contributed by atoms with Crippen LogP contribution >= 0.6 is 11.3 Å². The van der Waals surface area contributed by atoms with Crippen LogP contribution in [0.2, 0.25) is 0 Å². The summed E-state index contributed by atoms with van der Waals surface area (Å²) in [5.41, 5.74) is 1.88. The highest BCUT2D eigenvalue weighted by atomic mass is 32.1. The van der Waals surface area contributed by atoms with Crippen molar-refractivity contribution < 1.29 is 9.90 Å². The summed E-state index contributed by atoms with van der Waals surface area (Å²) >= 11 is 1.66. The number of benzene rings is 1. The topological polar surface area (TPSA) is 49.3 Å². The molecule has 104 valence electrons. The van der Waals surface area contributed by atoms with Crippen LogP contribution in [-0.4, -0.2) is 11.0 Å². The van der Waals surface area contributed by atoms with Crippen LogP contribution in [0, 0.1) is 6.92 Å². The van der Waals surface area contributed by atoms with Gasteiger partial charge in [-0.05, 0) is 36.3 Å². The summed E-state index contributed by atoms with van der Waals surface area (Å²) in [6, 6.07) is 11.5. The SMILES string of the molecule is Cc1ccc(/C=C/C(=O)NCc2ccc(CO)cc2)s1. The lowest BCUT2D eigenvalue weighted by atomic mass is 10.1. The Balaban J connectivity index is 1.83. The van der Waals surface area contributed by atoms with Crippen molar-refractivity contribution in [2.24, 2.45) is 0 Å². The van der Waals surface area contributed by atoms with E-state index in [9.17, 15) is 4.79 Å². The first kappa shape index (κ1) is 14.5. The number of thiophene rings is 1. The maximum Gasteiger partial charge on any atom is 0.244 e. The van der Waals surface area contributed by atoms with E-state index in [1.165, 1.54) is 4.88 Å². The number of hydrogen-bond acceptors (Lipinski definition) is 3. The molecule has 0 bridgehead atoms. The molecule has 0 unspecified atom stereocenters. The van der Waals surface area contributed by atoms with Gasteiger partial charge in [0, 0.05) is 22.4 Å². The van der Waals surface area contributed by atoms with Gasteiger partial charge in [-0.15, -0.1) is 11.3 Å². The fourth-order valence-electron chi connectivity index (χ4n) is 1.71. The van der Waals surface area contributed by atoms with Crippen molar-refractivity contribution >= 4 is 23.3 Å². The van der Waals surface area contributed by atoms with Crippen molar-refractivity contribution in [3.05, 3.63) is 63.4 Å². The number of amides is 1. The number of carbonyl (C=O) groups excluding carboxylic acids is 1. The molecule has 0 spiro atoms. The molecule has 0 aliphatic rings. The smallest absolute Gasteiger partial charge is 0.244 e. The van der Waals surface area contributed by atoms with Gasteiger partial charge in [-0.1, -0.05) is 24.3 Å². The second-order valence-corrected chi connectivity index (χ2v) is 5.79. The number of nitrogens with one attached hydrogen (secondary N) is 1. The van der Waals surface area contributed by atoms with Crippen molar-refractivity contribution in [3.8, 4) is 0 Å². The van der Waals surface area contributed by atoms with Gasteiger partial charge >= 0.3 is 0 Å². The van der Waals surface area contributed by atoms with Crippen molar-refractivity contribution in [1.29, 1.82) is 0 Å². The Bertz CT molecular complexity index is 599. The summed E-state index contributed by atoms with van der Waals surface area (Å²) in [5.74, 6) is -0.109. The average Bonchev–Trinajstić information content (AvgIpc) is 2.89. The highest BCUT2D eigenvalue weighted by Gasteiger charge is 1.98. The van der Waals surface area contributed by atoms with Gasteiger partial charge in [-0.3, -0.25) is 4.79 Å². The van der Waals surface area contributed by atoms with Gasteiger partial charge in [0.15, 0.2) is 0 Å². The number of aryl methyl sites for hydroxylation is 1. The predicted octanol–water partition coefficient (Wildman–Crippen LogP) is 2.88. The number of aliphatic hydroxyl groups is 1. The number of hydrogen-bond donors (Lipinski definition) is 2. The molecule has 1 aromatic heterocycles. The van der Waals surface area contributed by atoms with E-state index >= 15 is 0 Å². The van der Waals surface area contributed by atoms with Crippen LogP contribution in [0.1, 0.15) is 20.9 Å². The largest absolute Gasteiger partial charge is 0.392 e. The minimum absolute atomic E-state index is 0.0373. The Labute approximate surface area is 122 Å². The van der Waals surface area contributed by atoms with Gasteiger partial charge in [-0.25, -0.2) is 0 Å². The minimum Gasteiger partial charge on any atom is -0.392 e. The van der Waals surface area contributed by atoms with Crippen LogP contribution in [0.4, 0.5) is 0 Å². The van der Waals surface area contributed by atoms with Crippen LogP contribution in [0.15, 0.2) is 42.5 Å². The third-order valence-corrected chi connectivity index (χ3v) is 3.80. The summed E-state index contributed by atoms with van der Waals surface area (Å²) in [7, 11) is 0. The van der Waals surface area contributed by atoms with Gasteiger partial charge in [0.25, 0.3) is 0 Å². The fraction of sp³-hybridized carbons (Fsp3) is 0.188. The van der Waals surface area contributed by atoms with Crippen LogP contribution in [0.5, 0.6) is 0 Å². The second-order valence-electron chi connectivity index (χ2n) is 4.47. The minimum atomic E-state index is -0.109. The molecule has 2 N–H and O–H groups in total. The molecule has 2 aromatic rings. The average molecular weight is 287 g/mol. The highest BCUT2D eigenvalue weighted by molar-refractivity contribution is 7.12. The zero-order valence-corrected chi connectivity index (χ0v) is 12.1. The van der Waals surface area contributed by atoms with Crippen LogP contribution in [0.25, 0.3) is 6.08 Å². The van der Waals surface area contributed by atoms with Crippen molar-refractivity contribution in [2.45, 2.75) is 20.1 Å². The molecule has 0 aliphatic carbocycles. The van der Waals surface area contributed by atoms with Crippen LogP contribution in [0.3, 0.4) is 0 Å². The van der Waals surface area contributed by atoms with Gasteiger partial charge in [0.2, 0.25) is 5.91 Å². The zero-order chi connectivity index (χ0) is 14.4. The molecule has 1 amide bonds. The molecule has 4 heteroatoms. The van der Waals surface area contributed by atoms with E-state index in [1.54, 1.807) is 17.4 Å². The van der Waals surface area contributed by atoms with E-state index in [4.69, 9.17) is 5.11 Å². The zero-order valence-electron chi connectivity index (χ0n) is 11.3. The maximum absolute atomic E-state index is 11.7. The molecule has 2 rings (SSSR count). The fourth-order valence-corrected chi connectivity index (χ4v) is 2.49. The molecule has 1 heterocycles. The molecule has 1 aromatic carbocycles. The molecule has 0 saturated heterocycles. The number of aliphatic hydroxyl groups excluding tert-OH is 1. The molecule has 20 heavy (non-hydrogen) atoms. The van der Waals surface area contributed by atoms with Crippen LogP contribution < -0.4 is 5.32 Å². The summed E-state index contributed by atoms with van der Waals surface area (Å²) in [6.45, 7) is 2.56. The predicted molar refractivity (Wildman–Crippen MR) is 82.3 cm³/mol. The van der Waals surface area contributed by atoms with Gasteiger partial charge in [0.1, 0.15) is 0 Å². The Morgan fingerprint density at radius 1 is 1.20 bits per heavy atom. The number of carbonyl (C=O) groups is 1. The van der Waals surface area contributed by atoms with Crippen molar-refractivity contribution in [2.75, 3.05) is 0 Å². The van der Waals surface area contributed by atoms with E-state index in [-0.39, 0.29) is 12.5 Å². The van der Waals surface area contributed by atoms with Crippen LogP contribution in [-0.2, 0) is 17.9 Å². The van der Waals surface area contributed by atoms with E-state index in [2.05, 4.69) is 5.32 Å². The third kappa shape index (κ3) is 4.33. The van der Waals surface area contributed by atoms with Gasteiger partial charge in [-0.2, -0.15) is 0 Å². The number of rotatable bonds is 5. The molecule has 0 radical (unpaired) electrons. The van der Waals surface area contributed by atoms with Gasteiger partial charge < -0.3 is 10.4 Å². The lowest BCUT2D eigenvalue weighted by Gasteiger charge is -2.03. The lowest BCUT2D eigenvalue weighted by Crippen LogP contribution is -2.20. The quantitative estimate of drug-likeness (QED) is 0.831. The Hall–Kier alpha value is -1.91. The summed E-state index contributed by atoms with van der Waals surface area (Å²) in [5, 5.41) is 11.8. The summed E-state index contributed by atoms with van der Waals surface area (Å²) < 4.78 is 0. The first-order valence-electron chi connectivity index (χ1n) is 6.38. The normalized spacial score (nSPS) is 10.9. The molecule has 0 atom stereocenters. The van der Waals surface area contributed by atoms with E-state index in [0.717, 1.165) is 16.0 Å². The van der Waals surface area contributed by atoms with E-state index < -0.39 is 0 Å². The third-order valence-electron chi connectivity index (χ3n) is 2.83. The van der Waals surface area contributed by atoms with E-state index in [0.29, 0.717) is 6.54 Å². The first-order valence-corrected chi connectivity index (χ1v) is 7.20. The summed E-state index contributed by atoms with van der Waals surface area (Å²) in [4.78, 5) is 14.0. The Morgan fingerprint density at radius 3 is 2.50 bits per heavy atom. The summed E-state index contributed by atoms with van der Waals surface area (Å²) in [6.07, 6.45) is 3.37. The standard InChI is InChI=1S/C16H17NO2S/c1-12-2-7-15(20-12)8-9-16(19)17-10-13-3-5-14(11-18)6-4-13/h2-9,18H,10-11H2,1H3,(H,17,19)/b9-8+. The van der Waals surface area contributed by atoms with Crippen molar-refractivity contribution in [3.63, 3.8) is 0 Å². The molecule has 0 fully saturated rings. The first-order chi connectivity index (χ1) is 9.67.